The number of carbonyl (C=O) groups is 2. The molecular formula is C19H24N4O2S. The van der Waals surface area contributed by atoms with Gasteiger partial charge < -0.3 is 10.2 Å². The minimum Gasteiger partial charge on any atom is -0.355 e. The zero-order valence-corrected chi connectivity index (χ0v) is 15.8. The molecule has 0 radical (unpaired) electrons. The Balaban J connectivity index is 1.48. The number of thiazole rings is 1. The Hall–Kier alpha value is -2.28. The molecule has 26 heavy (non-hydrogen) atoms. The molecule has 7 heteroatoms. The van der Waals surface area contributed by atoms with Crippen molar-refractivity contribution >= 4 is 23.2 Å². The van der Waals surface area contributed by atoms with Crippen molar-refractivity contribution in [1.29, 1.82) is 0 Å². The number of hydrogen-bond donors (Lipinski definition) is 1. The van der Waals surface area contributed by atoms with Gasteiger partial charge in [0.1, 0.15) is 0 Å². The maximum absolute atomic E-state index is 12.5. The van der Waals surface area contributed by atoms with E-state index in [0.29, 0.717) is 32.5 Å². The van der Waals surface area contributed by atoms with Crippen LogP contribution in [0, 0.1) is 5.92 Å². The number of pyridine rings is 1. The SMILES string of the molecule is CCc1csc(CCNC(=O)C2CCC(=O)N(Cc3ccccn3)C2)n1. The molecule has 2 aromatic rings. The van der Waals surface area contributed by atoms with Crippen LogP contribution in [-0.2, 0) is 29.0 Å². The number of aromatic nitrogens is 2. The number of likely N-dealkylation sites (tertiary alicyclic amines) is 1. The van der Waals surface area contributed by atoms with Crippen molar-refractivity contribution < 1.29 is 9.59 Å². The second-order valence-corrected chi connectivity index (χ2v) is 7.40. The molecule has 138 valence electrons. The zero-order valence-electron chi connectivity index (χ0n) is 15.0. The summed E-state index contributed by atoms with van der Waals surface area (Å²) in [6, 6.07) is 5.66. The van der Waals surface area contributed by atoms with Crippen molar-refractivity contribution in [3.05, 3.63) is 46.2 Å². The fourth-order valence-corrected chi connectivity index (χ4v) is 3.91. The summed E-state index contributed by atoms with van der Waals surface area (Å²) >= 11 is 1.64. The van der Waals surface area contributed by atoms with Gasteiger partial charge in [0.2, 0.25) is 11.8 Å². The van der Waals surface area contributed by atoms with Crippen LogP contribution < -0.4 is 5.32 Å². The zero-order chi connectivity index (χ0) is 18.4. The highest BCUT2D eigenvalue weighted by Crippen LogP contribution is 2.19. The van der Waals surface area contributed by atoms with E-state index < -0.39 is 0 Å². The van der Waals surface area contributed by atoms with E-state index in [9.17, 15) is 9.59 Å². The van der Waals surface area contributed by atoms with E-state index in [1.807, 2.05) is 18.2 Å². The van der Waals surface area contributed by atoms with Crippen LogP contribution >= 0.6 is 11.3 Å². The monoisotopic (exact) mass is 372 g/mol. The molecule has 1 fully saturated rings. The Morgan fingerprint density at radius 2 is 2.27 bits per heavy atom. The van der Waals surface area contributed by atoms with Crippen molar-refractivity contribution in [2.45, 2.75) is 39.2 Å². The maximum atomic E-state index is 12.5. The quantitative estimate of drug-likeness (QED) is 0.808. The molecule has 0 aromatic carbocycles. The van der Waals surface area contributed by atoms with Crippen LogP contribution in [0.25, 0.3) is 0 Å². The Bertz CT molecular complexity index is 747. The van der Waals surface area contributed by atoms with Crippen molar-refractivity contribution in [1.82, 2.24) is 20.2 Å². The fraction of sp³-hybridized carbons (Fsp3) is 0.474. The summed E-state index contributed by atoms with van der Waals surface area (Å²) < 4.78 is 0. The van der Waals surface area contributed by atoms with Gasteiger partial charge in [-0.2, -0.15) is 0 Å². The summed E-state index contributed by atoms with van der Waals surface area (Å²) in [4.78, 5) is 35.2. The number of rotatable bonds is 7. The topological polar surface area (TPSA) is 75.2 Å². The number of nitrogens with one attached hydrogen (secondary N) is 1. The lowest BCUT2D eigenvalue weighted by Crippen LogP contribution is -2.45. The molecule has 2 aromatic heterocycles. The first-order chi connectivity index (χ1) is 12.7. The number of piperidine rings is 1. The number of amides is 2. The maximum Gasteiger partial charge on any atom is 0.224 e. The van der Waals surface area contributed by atoms with E-state index in [4.69, 9.17) is 0 Å². The van der Waals surface area contributed by atoms with Gasteiger partial charge in [-0.1, -0.05) is 13.0 Å². The lowest BCUT2D eigenvalue weighted by atomic mass is 9.96. The third-order valence-corrected chi connectivity index (χ3v) is 5.51. The van der Waals surface area contributed by atoms with Gasteiger partial charge in [0.25, 0.3) is 0 Å². The Kier molecular flexibility index (Phi) is 6.33. The Labute approximate surface area is 157 Å². The van der Waals surface area contributed by atoms with Crippen LogP contribution in [0.15, 0.2) is 29.8 Å². The van der Waals surface area contributed by atoms with Crippen LogP contribution in [0.5, 0.6) is 0 Å². The molecule has 0 spiro atoms. The lowest BCUT2D eigenvalue weighted by Gasteiger charge is -2.31. The predicted molar refractivity (Wildman–Crippen MR) is 101 cm³/mol. The molecule has 0 saturated carbocycles. The Morgan fingerprint density at radius 1 is 1.38 bits per heavy atom. The molecule has 3 rings (SSSR count). The molecule has 1 unspecified atom stereocenters. The second-order valence-electron chi connectivity index (χ2n) is 6.46. The van der Waals surface area contributed by atoms with Crippen molar-refractivity contribution in [3.63, 3.8) is 0 Å². The number of nitrogens with zero attached hydrogens (tertiary/aromatic N) is 3. The minimum atomic E-state index is -0.154. The Morgan fingerprint density at radius 3 is 3.00 bits per heavy atom. The average Bonchev–Trinajstić information content (AvgIpc) is 3.12. The van der Waals surface area contributed by atoms with Gasteiger partial charge in [-0.15, -0.1) is 11.3 Å². The molecule has 1 N–H and O–H groups in total. The normalized spacial score (nSPS) is 17.3. The first-order valence-corrected chi connectivity index (χ1v) is 9.92. The first kappa shape index (κ1) is 18.5. The third kappa shape index (κ3) is 4.88. The van der Waals surface area contributed by atoms with Gasteiger partial charge in [-0.3, -0.25) is 14.6 Å². The molecular weight excluding hydrogens is 348 g/mol. The highest BCUT2D eigenvalue weighted by Gasteiger charge is 2.30. The van der Waals surface area contributed by atoms with E-state index in [0.717, 1.165) is 29.2 Å². The van der Waals surface area contributed by atoms with Gasteiger partial charge in [0.15, 0.2) is 0 Å². The molecule has 3 heterocycles. The van der Waals surface area contributed by atoms with Crippen molar-refractivity contribution in [2.75, 3.05) is 13.1 Å². The summed E-state index contributed by atoms with van der Waals surface area (Å²) in [7, 11) is 0. The lowest BCUT2D eigenvalue weighted by molar-refractivity contribution is -0.138. The molecule has 1 aliphatic heterocycles. The van der Waals surface area contributed by atoms with E-state index in [-0.39, 0.29) is 17.7 Å². The van der Waals surface area contributed by atoms with Gasteiger partial charge in [-0.05, 0) is 25.0 Å². The highest BCUT2D eigenvalue weighted by atomic mass is 32.1. The standard InChI is InChI=1S/C19H24N4O2S/c1-2-15-13-26-17(22-15)8-10-21-19(25)14-6-7-18(24)23(11-14)12-16-5-3-4-9-20-16/h3-5,9,13-14H,2,6-8,10-12H2,1H3,(H,21,25). The predicted octanol–water partition coefficient (Wildman–Crippen LogP) is 2.20. The number of aryl methyl sites for hydroxylation is 1. The van der Waals surface area contributed by atoms with Crippen LogP contribution in [-0.4, -0.2) is 39.8 Å². The molecule has 0 bridgehead atoms. The van der Waals surface area contributed by atoms with Crippen LogP contribution in [0.2, 0.25) is 0 Å². The summed E-state index contributed by atoms with van der Waals surface area (Å²) in [6.07, 6.45) is 4.43. The number of hydrogen-bond acceptors (Lipinski definition) is 5. The summed E-state index contributed by atoms with van der Waals surface area (Å²) in [6.45, 7) is 3.59. The van der Waals surface area contributed by atoms with Crippen molar-refractivity contribution in [2.24, 2.45) is 5.92 Å². The molecule has 6 nitrogen and oxygen atoms in total. The minimum absolute atomic E-state index is 0.0239. The van der Waals surface area contributed by atoms with Crippen LogP contribution in [0.1, 0.15) is 36.2 Å². The van der Waals surface area contributed by atoms with Gasteiger partial charge in [0.05, 0.1) is 28.9 Å². The van der Waals surface area contributed by atoms with E-state index in [1.165, 1.54) is 0 Å². The highest BCUT2D eigenvalue weighted by molar-refractivity contribution is 7.09. The fourth-order valence-electron chi connectivity index (χ4n) is 3.03. The molecule has 0 aliphatic carbocycles. The smallest absolute Gasteiger partial charge is 0.224 e. The summed E-state index contributed by atoms with van der Waals surface area (Å²) in [5.74, 6) is -0.0377. The summed E-state index contributed by atoms with van der Waals surface area (Å²) in [5.41, 5.74) is 1.95. The molecule has 1 atom stereocenters. The van der Waals surface area contributed by atoms with E-state index in [1.54, 1.807) is 22.4 Å². The van der Waals surface area contributed by atoms with Gasteiger partial charge >= 0.3 is 0 Å². The van der Waals surface area contributed by atoms with E-state index in [2.05, 4.69) is 27.6 Å². The second kappa shape index (κ2) is 8.89. The van der Waals surface area contributed by atoms with Gasteiger partial charge in [0, 0.05) is 37.5 Å². The summed E-state index contributed by atoms with van der Waals surface area (Å²) in [5, 5.41) is 6.12. The molecule has 1 aliphatic rings. The largest absolute Gasteiger partial charge is 0.355 e. The third-order valence-electron chi connectivity index (χ3n) is 4.55. The first-order valence-electron chi connectivity index (χ1n) is 9.04. The van der Waals surface area contributed by atoms with Gasteiger partial charge in [-0.25, -0.2) is 4.98 Å². The van der Waals surface area contributed by atoms with Crippen LogP contribution in [0.4, 0.5) is 0 Å². The molecule has 1 saturated heterocycles. The van der Waals surface area contributed by atoms with E-state index >= 15 is 0 Å². The molecule has 2 amide bonds. The average molecular weight is 372 g/mol. The van der Waals surface area contributed by atoms with Crippen molar-refractivity contribution in [3.8, 4) is 0 Å². The van der Waals surface area contributed by atoms with Crippen LogP contribution in [0.3, 0.4) is 0 Å². The number of carbonyl (C=O) groups excluding carboxylic acids is 2.